The van der Waals surface area contributed by atoms with Gasteiger partial charge in [-0.05, 0) is 45.7 Å². The molecule has 0 aromatic heterocycles. The van der Waals surface area contributed by atoms with Crippen LogP contribution in [-0.4, -0.2) is 13.2 Å². The molecule has 1 saturated carbocycles. The maximum absolute atomic E-state index is 13.9. The molecule has 1 atom stereocenters. The first kappa shape index (κ1) is 13.3. The SMILES string of the molecule is CNC(C)c1ccc(OC2CCCCC2)cc1F. The highest BCUT2D eigenvalue weighted by molar-refractivity contribution is 5.30. The first-order valence-electron chi connectivity index (χ1n) is 6.84. The van der Waals surface area contributed by atoms with Gasteiger partial charge in [-0.2, -0.15) is 0 Å². The van der Waals surface area contributed by atoms with Crippen LogP contribution in [-0.2, 0) is 0 Å². The normalized spacial score (nSPS) is 18.6. The zero-order valence-electron chi connectivity index (χ0n) is 11.2. The van der Waals surface area contributed by atoms with Gasteiger partial charge in [-0.3, -0.25) is 0 Å². The van der Waals surface area contributed by atoms with Crippen molar-refractivity contribution in [2.75, 3.05) is 7.05 Å². The number of benzene rings is 1. The van der Waals surface area contributed by atoms with Crippen molar-refractivity contribution in [3.05, 3.63) is 29.6 Å². The molecule has 0 heterocycles. The predicted octanol–water partition coefficient (Wildman–Crippen LogP) is 3.82. The third kappa shape index (κ3) is 3.22. The van der Waals surface area contributed by atoms with Gasteiger partial charge in [0.25, 0.3) is 0 Å². The van der Waals surface area contributed by atoms with Crippen LogP contribution in [0.2, 0.25) is 0 Å². The van der Waals surface area contributed by atoms with Crippen LogP contribution < -0.4 is 10.1 Å². The molecule has 1 aromatic carbocycles. The summed E-state index contributed by atoms with van der Waals surface area (Å²) >= 11 is 0. The minimum atomic E-state index is -0.190. The Balaban J connectivity index is 2.03. The van der Waals surface area contributed by atoms with E-state index in [1.54, 1.807) is 0 Å². The molecule has 18 heavy (non-hydrogen) atoms. The standard InChI is InChI=1S/C15H22FNO/c1-11(17-2)14-9-8-13(10-15(14)16)18-12-6-4-3-5-7-12/h8-12,17H,3-7H2,1-2H3. The summed E-state index contributed by atoms with van der Waals surface area (Å²) in [7, 11) is 1.83. The molecule has 1 unspecified atom stereocenters. The smallest absolute Gasteiger partial charge is 0.131 e. The number of ether oxygens (including phenoxy) is 1. The van der Waals surface area contributed by atoms with Crippen LogP contribution in [0.25, 0.3) is 0 Å². The Morgan fingerprint density at radius 3 is 2.61 bits per heavy atom. The molecular weight excluding hydrogens is 229 g/mol. The minimum absolute atomic E-state index is 0.0220. The fraction of sp³-hybridized carbons (Fsp3) is 0.600. The van der Waals surface area contributed by atoms with Crippen molar-refractivity contribution in [2.45, 2.75) is 51.2 Å². The highest BCUT2D eigenvalue weighted by atomic mass is 19.1. The van der Waals surface area contributed by atoms with Gasteiger partial charge in [-0.15, -0.1) is 0 Å². The average Bonchev–Trinajstić information content (AvgIpc) is 2.39. The molecule has 1 fully saturated rings. The molecule has 1 aromatic rings. The van der Waals surface area contributed by atoms with Gasteiger partial charge in [0.05, 0.1) is 6.10 Å². The van der Waals surface area contributed by atoms with Crippen molar-refractivity contribution in [1.82, 2.24) is 5.32 Å². The second kappa shape index (κ2) is 6.19. The van der Waals surface area contributed by atoms with E-state index in [2.05, 4.69) is 5.32 Å². The van der Waals surface area contributed by atoms with Gasteiger partial charge in [-0.1, -0.05) is 12.5 Å². The second-order valence-corrected chi connectivity index (χ2v) is 5.07. The quantitative estimate of drug-likeness (QED) is 0.878. The predicted molar refractivity (Wildman–Crippen MR) is 71.4 cm³/mol. The van der Waals surface area contributed by atoms with E-state index in [4.69, 9.17) is 4.74 Å². The Hall–Kier alpha value is -1.09. The van der Waals surface area contributed by atoms with Crippen LogP contribution >= 0.6 is 0 Å². The molecule has 2 rings (SSSR count). The molecule has 0 spiro atoms. The Morgan fingerprint density at radius 1 is 1.28 bits per heavy atom. The van der Waals surface area contributed by atoms with Crippen molar-refractivity contribution >= 4 is 0 Å². The fourth-order valence-electron chi connectivity index (χ4n) is 2.46. The molecule has 0 aliphatic heterocycles. The Morgan fingerprint density at radius 2 is 2.00 bits per heavy atom. The summed E-state index contributed by atoms with van der Waals surface area (Å²) in [5, 5.41) is 3.04. The maximum atomic E-state index is 13.9. The largest absolute Gasteiger partial charge is 0.490 e. The average molecular weight is 251 g/mol. The first-order chi connectivity index (χ1) is 8.70. The van der Waals surface area contributed by atoms with Crippen LogP contribution in [0.1, 0.15) is 50.6 Å². The van der Waals surface area contributed by atoms with Gasteiger partial charge < -0.3 is 10.1 Å². The van der Waals surface area contributed by atoms with Crippen LogP contribution in [0.3, 0.4) is 0 Å². The molecule has 100 valence electrons. The number of hydrogen-bond donors (Lipinski definition) is 1. The lowest BCUT2D eigenvalue weighted by Gasteiger charge is -2.23. The topological polar surface area (TPSA) is 21.3 Å². The van der Waals surface area contributed by atoms with Crippen molar-refractivity contribution in [3.8, 4) is 5.75 Å². The van der Waals surface area contributed by atoms with Crippen molar-refractivity contribution in [1.29, 1.82) is 0 Å². The monoisotopic (exact) mass is 251 g/mol. The Labute approximate surface area is 109 Å². The molecule has 3 heteroatoms. The number of nitrogens with one attached hydrogen (secondary N) is 1. The summed E-state index contributed by atoms with van der Waals surface area (Å²) in [6, 6.07) is 5.22. The third-order valence-electron chi connectivity index (χ3n) is 3.73. The maximum Gasteiger partial charge on any atom is 0.131 e. The van der Waals surface area contributed by atoms with Crippen LogP contribution in [0, 0.1) is 5.82 Å². The zero-order valence-corrected chi connectivity index (χ0v) is 11.2. The minimum Gasteiger partial charge on any atom is -0.490 e. The third-order valence-corrected chi connectivity index (χ3v) is 3.73. The Kier molecular flexibility index (Phi) is 4.59. The highest BCUT2D eigenvalue weighted by Crippen LogP contribution is 2.26. The molecule has 2 nitrogen and oxygen atoms in total. The molecule has 1 aliphatic carbocycles. The number of halogens is 1. The van der Waals surface area contributed by atoms with Crippen LogP contribution in [0.5, 0.6) is 5.75 Å². The fourth-order valence-corrected chi connectivity index (χ4v) is 2.46. The van der Waals surface area contributed by atoms with Crippen LogP contribution in [0.15, 0.2) is 18.2 Å². The summed E-state index contributed by atoms with van der Waals surface area (Å²) in [5.74, 6) is 0.469. The summed E-state index contributed by atoms with van der Waals surface area (Å²) in [4.78, 5) is 0. The molecule has 0 amide bonds. The molecule has 1 aliphatic rings. The lowest BCUT2D eigenvalue weighted by molar-refractivity contribution is 0.154. The van der Waals surface area contributed by atoms with E-state index < -0.39 is 0 Å². The van der Waals surface area contributed by atoms with Crippen molar-refractivity contribution < 1.29 is 9.13 Å². The van der Waals surface area contributed by atoms with Crippen molar-refractivity contribution in [2.24, 2.45) is 0 Å². The Bertz CT molecular complexity index is 388. The number of hydrogen-bond acceptors (Lipinski definition) is 2. The van der Waals surface area contributed by atoms with E-state index in [0.717, 1.165) is 12.8 Å². The molecular formula is C15H22FNO. The number of rotatable bonds is 4. The summed E-state index contributed by atoms with van der Waals surface area (Å²) < 4.78 is 19.8. The van der Waals surface area contributed by atoms with E-state index in [9.17, 15) is 4.39 Å². The van der Waals surface area contributed by atoms with E-state index in [1.807, 2.05) is 26.1 Å². The van der Waals surface area contributed by atoms with Gasteiger partial charge in [-0.25, -0.2) is 4.39 Å². The summed E-state index contributed by atoms with van der Waals surface area (Å²) in [6.07, 6.45) is 6.20. The van der Waals surface area contributed by atoms with E-state index in [-0.39, 0.29) is 18.0 Å². The van der Waals surface area contributed by atoms with Crippen molar-refractivity contribution in [3.63, 3.8) is 0 Å². The summed E-state index contributed by atoms with van der Waals surface area (Å²) in [6.45, 7) is 1.94. The van der Waals surface area contributed by atoms with Gasteiger partial charge in [0.2, 0.25) is 0 Å². The van der Waals surface area contributed by atoms with Gasteiger partial charge in [0.15, 0.2) is 0 Å². The van der Waals surface area contributed by atoms with Gasteiger partial charge in [0.1, 0.15) is 11.6 Å². The molecule has 0 bridgehead atoms. The molecule has 1 N–H and O–H groups in total. The summed E-state index contributed by atoms with van der Waals surface area (Å²) in [5.41, 5.74) is 0.688. The van der Waals surface area contributed by atoms with E-state index >= 15 is 0 Å². The zero-order chi connectivity index (χ0) is 13.0. The van der Waals surface area contributed by atoms with E-state index in [1.165, 1.54) is 25.3 Å². The second-order valence-electron chi connectivity index (χ2n) is 5.07. The lowest BCUT2D eigenvalue weighted by Crippen LogP contribution is -2.20. The highest BCUT2D eigenvalue weighted by Gasteiger charge is 2.16. The lowest BCUT2D eigenvalue weighted by atomic mass is 9.98. The van der Waals surface area contributed by atoms with Gasteiger partial charge in [0, 0.05) is 17.7 Å². The molecule has 0 saturated heterocycles. The van der Waals surface area contributed by atoms with Gasteiger partial charge >= 0.3 is 0 Å². The first-order valence-corrected chi connectivity index (χ1v) is 6.84. The van der Waals surface area contributed by atoms with E-state index in [0.29, 0.717) is 11.3 Å². The molecule has 0 radical (unpaired) electrons. The van der Waals surface area contributed by atoms with Crippen LogP contribution in [0.4, 0.5) is 4.39 Å².